The molecule has 7 heteroatoms. The summed E-state index contributed by atoms with van der Waals surface area (Å²) in [6.07, 6.45) is 8.83. The van der Waals surface area contributed by atoms with Crippen LogP contribution in [0.3, 0.4) is 0 Å². The van der Waals surface area contributed by atoms with Crippen LogP contribution in [0.25, 0.3) is 0 Å². The second-order valence-electron chi connectivity index (χ2n) is 12.8. The average Bonchev–Trinajstić information content (AvgIpc) is 3.18. The van der Waals surface area contributed by atoms with Gasteiger partial charge in [0.2, 0.25) is 0 Å². The summed E-state index contributed by atoms with van der Waals surface area (Å²) in [6, 6.07) is 10.6. The van der Waals surface area contributed by atoms with E-state index in [2.05, 4.69) is 79.8 Å². The van der Waals surface area contributed by atoms with Crippen molar-refractivity contribution in [3.8, 4) is 0 Å². The van der Waals surface area contributed by atoms with Gasteiger partial charge in [0.15, 0.2) is 0 Å². The molecule has 0 radical (unpaired) electrons. The summed E-state index contributed by atoms with van der Waals surface area (Å²) in [5.74, 6) is 0.691. The molecule has 6 atom stereocenters. The molecule has 1 aliphatic heterocycles. The van der Waals surface area contributed by atoms with Crippen LogP contribution in [0.1, 0.15) is 90.0 Å². The van der Waals surface area contributed by atoms with Crippen LogP contribution < -0.4 is 0 Å². The topological polar surface area (TPSA) is 57.2 Å². The van der Waals surface area contributed by atoms with E-state index in [1.165, 1.54) is 5.56 Å². The van der Waals surface area contributed by atoms with Crippen LogP contribution in [0.4, 0.5) is 0 Å². The molecule has 0 aromatic heterocycles. The summed E-state index contributed by atoms with van der Waals surface area (Å²) >= 11 is 3.12. The summed E-state index contributed by atoms with van der Waals surface area (Å²) in [6.45, 7) is 12.9. The Bertz CT molecular complexity index is 836. The van der Waals surface area contributed by atoms with Gasteiger partial charge in [-0.25, -0.2) is 0 Å². The minimum atomic E-state index is -1.89. The van der Waals surface area contributed by atoms with Crippen molar-refractivity contribution < 1.29 is 23.7 Å². The van der Waals surface area contributed by atoms with Crippen LogP contribution >= 0.6 is 0 Å². The zero-order chi connectivity index (χ0) is 27.8. The Balaban J connectivity index is 1.58. The molecule has 2 aliphatic rings. The van der Waals surface area contributed by atoms with E-state index in [0.29, 0.717) is 13.0 Å². The molecule has 1 heterocycles. The molecule has 1 aromatic carbocycles. The zero-order valence-corrected chi connectivity index (χ0v) is 27.3. The molecule has 1 N–H and O–H groups in total. The van der Waals surface area contributed by atoms with Crippen LogP contribution in [0, 0.1) is 11.8 Å². The molecule has 1 saturated carbocycles. The van der Waals surface area contributed by atoms with Crippen molar-refractivity contribution in [2.24, 2.45) is 11.8 Å². The molecule has 1 saturated heterocycles. The van der Waals surface area contributed by atoms with Crippen molar-refractivity contribution in [3.63, 3.8) is 0 Å². The molecule has 0 bridgehead atoms. The number of aliphatic hydroxyl groups excluding tert-OH is 1. The van der Waals surface area contributed by atoms with E-state index in [1.807, 2.05) is 0 Å². The Hall–Kier alpha value is -0.534. The third-order valence-corrected chi connectivity index (χ3v) is 14.6. The Morgan fingerprint density at radius 2 is 1.84 bits per heavy atom. The molecule has 1 aliphatic carbocycles. The summed E-state index contributed by atoms with van der Waals surface area (Å²) in [5.41, 5.74) is 1.29. The van der Waals surface area contributed by atoms with E-state index in [1.54, 1.807) is 7.11 Å². The van der Waals surface area contributed by atoms with E-state index in [-0.39, 0.29) is 41.3 Å². The third-order valence-electron chi connectivity index (χ3n) is 9.12. The second-order valence-corrected chi connectivity index (χ2v) is 18.5. The van der Waals surface area contributed by atoms with E-state index < -0.39 is 8.32 Å². The summed E-state index contributed by atoms with van der Waals surface area (Å²) in [5, 5.41) is 11.3. The first-order valence-corrected chi connectivity index (χ1v) is 18.5. The van der Waals surface area contributed by atoms with Gasteiger partial charge in [-0.2, -0.15) is 0 Å². The number of methoxy groups -OCH3 is 1. The standard InChI is InChI=1S/C31H52O5SeSi/c1-31(2,3)38(5,6)35-22-26-25(27(32)21-28(26)36-29-19-13-14-20-34-29)18-12-8-11-17-24(30(37)33-4)23-15-9-7-10-16-23/h7,9-10,15-16,24-29,32H,8,11-14,17-22H2,1-6H3/t24?,25-,26+,27+,28-,29?/m1/s1. The molecule has 1 aromatic rings. The van der Waals surface area contributed by atoms with Gasteiger partial charge in [-0.05, 0) is 37.4 Å². The van der Waals surface area contributed by atoms with Crippen LogP contribution in [-0.2, 0) is 18.6 Å². The first kappa shape index (κ1) is 32.0. The van der Waals surface area contributed by atoms with Gasteiger partial charge >= 0.3 is 172 Å². The third kappa shape index (κ3) is 8.99. The number of aliphatic hydroxyl groups is 1. The van der Waals surface area contributed by atoms with Crippen molar-refractivity contribution in [2.75, 3.05) is 20.3 Å². The van der Waals surface area contributed by atoms with Crippen LogP contribution in [0.5, 0.6) is 0 Å². The summed E-state index contributed by atoms with van der Waals surface area (Å²) in [7, 11) is -0.153. The predicted octanol–water partition coefficient (Wildman–Crippen LogP) is 6.60. The monoisotopic (exact) mass is 612 g/mol. The Kier molecular flexibility index (Phi) is 12.6. The number of benzene rings is 1. The number of unbranched alkanes of at least 4 members (excludes halogenated alkanes) is 2. The molecule has 216 valence electrons. The van der Waals surface area contributed by atoms with Crippen molar-refractivity contribution in [1.82, 2.24) is 0 Å². The van der Waals surface area contributed by atoms with E-state index in [9.17, 15) is 5.11 Å². The maximum absolute atomic E-state index is 11.2. The molecule has 0 spiro atoms. The Morgan fingerprint density at radius 3 is 2.47 bits per heavy atom. The molecule has 3 rings (SSSR count). The van der Waals surface area contributed by atoms with E-state index in [4.69, 9.17) is 18.6 Å². The summed E-state index contributed by atoms with van der Waals surface area (Å²) in [4.78, 5) is 0. The Labute approximate surface area is 240 Å². The normalized spacial score (nSPS) is 27.3. The van der Waals surface area contributed by atoms with Crippen molar-refractivity contribution in [3.05, 3.63) is 35.9 Å². The van der Waals surface area contributed by atoms with Gasteiger partial charge in [-0.3, -0.25) is 0 Å². The summed E-state index contributed by atoms with van der Waals surface area (Å²) < 4.78 is 25.6. The molecule has 2 fully saturated rings. The molecular weight excluding hydrogens is 559 g/mol. The van der Waals surface area contributed by atoms with Gasteiger partial charge in [0, 0.05) is 6.61 Å². The SMILES string of the molecule is COC(=[Se])C(CCCCC[C@@H]1[C@H](CO[Si](C)(C)C(C)(C)C)[C@H](OC2CCCCO2)C[C@@H]1O)c1ccccc1. The van der Waals surface area contributed by atoms with Crippen LogP contribution in [0.2, 0.25) is 18.1 Å². The molecule has 38 heavy (non-hydrogen) atoms. The zero-order valence-electron chi connectivity index (χ0n) is 24.6. The van der Waals surface area contributed by atoms with Crippen molar-refractivity contribution in [2.45, 2.75) is 121 Å². The molecular formula is C31H52O5SeSi. The number of rotatable bonds is 14. The fraction of sp³-hybridized carbons (Fsp3) is 0.774. The van der Waals surface area contributed by atoms with Gasteiger partial charge in [-0.15, -0.1) is 0 Å². The van der Waals surface area contributed by atoms with Gasteiger partial charge in [0.1, 0.15) is 0 Å². The van der Waals surface area contributed by atoms with Gasteiger partial charge in [0.05, 0.1) is 0 Å². The number of hydrogen-bond donors (Lipinski definition) is 1. The van der Waals surface area contributed by atoms with Crippen LogP contribution in [0.15, 0.2) is 30.3 Å². The van der Waals surface area contributed by atoms with Crippen LogP contribution in [-0.4, -0.2) is 72.4 Å². The van der Waals surface area contributed by atoms with Gasteiger partial charge in [-0.1, -0.05) is 20.8 Å². The van der Waals surface area contributed by atoms with Gasteiger partial charge < -0.3 is 4.74 Å². The molecule has 2 unspecified atom stereocenters. The van der Waals surface area contributed by atoms with E-state index >= 15 is 0 Å². The van der Waals surface area contributed by atoms with Crippen molar-refractivity contribution in [1.29, 1.82) is 0 Å². The quantitative estimate of drug-likeness (QED) is 0.190. The van der Waals surface area contributed by atoms with Crippen molar-refractivity contribution >= 4 is 28.5 Å². The number of ether oxygens (including phenoxy) is 3. The minimum absolute atomic E-state index is 0.000167. The molecule has 0 amide bonds. The number of hydrogen-bond acceptors (Lipinski definition) is 5. The average molecular weight is 612 g/mol. The fourth-order valence-electron chi connectivity index (χ4n) is 5.63. The fourth-order valence-corrected chi connectivity index (χ4v) is 7.21. The van der Waals surface area contributed by atoms with Gasteiger partial charge in [0.25, 0.3) is 0 Å². The second kappa shape index (κ2) is 14.9. The first-order chi connectivity index (χ1) is 18.0. The predicted molar refractivity (Wildman–Crippen MR) is 159 cm³/mol. The maximum atomic E-state index is 11.2. The first-order valence-electron chi connectivity index (χ1n) is 14.8. The molecule has 5 nitrogen and oxygen atoms in total. The van der Waals surface area contributed by atoms with E-state index in [0.717, 1.165) is 62.6 Å². The Morgan fingerprint density at radius 1 is 1.11 bits per heavy atom.